The molecule has 0 bridgehead atoms. The molecule has 0 saturated carbocycles. The summed E-state index contributed by atoms with van der Waals surface area (Å²) < 4.78 is 0. The monoisotopic (exact) mass is 219 g/mol. The number of anilines is 1. The number of rotatable bonds is 3. The second-order valence-electron chi connectivity index (χ2n) is 3.13. The summed E-state index contributed by atoms with van der Waals surface area (Å²) in [4.78, 5) is 5.47. The molecule has 0 fully saturated rings. The normalized spacial score (nSPS) is 10.3. The molecule has 78 valence electrons. The predicted octanol–water partition coefficient (Wildman–Crippen LogP) is 2.31. The van der Waals surface area contributed by atoms with Crippen molar-refractivity contribution in [2.75, 3.05) is 12.4 Å². The van der Waals surface area contributed by atoms with E-state index >= 15 is 0 Å². The maximum absolute atomic E-state index is 5.57. The highest BCUT2D eigenvalue weighted by Gasteiger charge is 2.07. The van der Waals surface area contributed by atoms with Crippen molar-refractivity contribution in [3.05, 3.63) is 35.3 Å². The van der Waals surface area contributed by atoms with Crippen LogP contribution in [0.3, 0.4) is 0 Å². The molecule has 4 heteroatoms. The van der Waals surface area contributed by atoms with Crippen LogP contribution in [0.5, 0.6) is 0 Å². The van der Waals surface area contributed by atoms with Crippen LogP contribution in [0.1, 0.15) is 4.88 Å². The van der Waals surface area contributed by atoms with Crippen molar-refractivity contribution in [1.82, 2.24) is 4.98 Å². The van der Waals surface area contributed by atoms with E-state index in [1.165, 1.54) is 0 Å². The number of nitrogens with zero attached hydrogens (tertiary/aromatic N) is 1. The Balaban J connectivity index is 2.44. The average molecular weight is 219 g/mol. The number of hydrogen-bond donors (Lipinski definition) is 2. The third-order valence-electron chi connectivity index (χ3n) is 2.18. The summed E-state index contributed by atoms with van der Waals surface area (Å²) in [6.07, 6.45) is 1.84. The zero-order valence-electron chi connectivity index (χ0n) is 8.53. The summed E-state index contributed by atoms with van der Waals surface area (Å²) in [6.45, 7) is 0.555. The van der Waals surface area contributed by atoms with Crippen molar-refractivity contribution in [2.45, 2.75) is 6.54 Å². The summed E-state index contributed by atoms with van der Waals surface area (Å²) in [5, 5.41) is 4.17. The maximum Gasteiger partial charge on any atom is 0.125 e. The highest BCUT2D eigenvalue weighted by Crippen LogP contribution is 2.30. The highest BCUT2D eigenvalue weighted by atomic mass is 32.1. The van der Waals surface area contributed by atoms with E-state index in [1.807, 2.05) is 31.4 Å². The van der Waals surface area contributed by atoms with Crippen LogP contribution in [-0.4, -0.2) is 12.0 Å². The van der Waals surface area contributed by atoms with Crippen LogP contribution in [0.15, 0.2) is 30.5 Å². The van der Waals surface area contributed by atoms with Gasteiger partial charge in [-0.3, -0.25) is 0 Å². The molecular weight excluding hydrogens is 206 g/mol. The van der Waals surface area contributed by atoms with E-state index in [2.05, 4.69) is 16.4 Å². The molecule has 2 aromatic rings. The van der Waals surface area contributed by atoms with Gasteiger partial charge in [-0.05, 0) is 12.1 Å². The van der Waals surface area contributed by atoms with Gasteiger partial charge in [0.25, 0.3) is 0 Å². The molecule has 15 heavy (non-hydrogen) atoms. The minimum Gasteiger partial charge on any atom is -0.388 e. The van der Waals surface area contributed by atoms with E-state index in [0.29, 0.717) is 6.54 Å². The smallest absolute Gasteiger partial charge is 0.125 e. The Labute approximate surface area is 93.0 Å². The molecule has 0 amide bonds. The first-order valence-electron chi connectivity index (χ1n) is 4.77. The van der Waals surface area contributed by atoms with E-state index in [-0.39, 0.29) is 0 Å². The molecule has 0 aliphatic rings. The van der Waals surface area contributed by atoms with Gasteiger partial charge in [-0.25, -0.2) is 4.98 Å². The molecule has 0 radical (unpaired) electrons. The lowest BCUT2D eigenvalue weighted by Crippen LogP contribution is -1.91. The Hall–Kier alpha value is -1.39. The summed E-state index contributed by atoms with van der Waals surface area (Å²) in [5.41, 5.74) is 7.79. The van der Waals surface area contributed by atoms with Crippen molar-refractivity contribution >= 4 is 17.0 Å². The second kappa shape index (κ2) is 4.42. The SMILES string of the molecule is CNc1ccccc1-c1ncc(CN)s1. The summed E-state index contributed by atoms with van der Waals surface area (Å²) in [5.74, 6) is 0. The van der Waals surface area contributed by atoms with Crippen molar-refractivity contribution in [3.63, 3.8) is 0 Å². The standard InChI is InChI=1S/C11H13N3S/c1-13-10-5-3-2-4-9(10)11-14-7-8(6-12)15-11/h2-5,7,13H,6,12H2,1H3. The number of nitrogens with two attached hydrogens (primary N) is 1. The van der Waals surface area contributed by atoms with E-state index in [0.717, 1.165) is 21.1 Å². The van der Waals surface area contributed by atoms with E-state index in [4.69, 9.17) is 5.73 Å². The first-order chi connectivity index (χ1) is 7.35. The van der Waals surface area contributed by atoms with E-state index < -0.39 is 0 Å². The van der Waals surface area contributed by atoms with E-state index in [9.17, 15) is 0 Å². The Bertz CT molecular complexity index is 451. The molecule has 0 aliphatic heterocycles. The van der Waals surface area contributed by atoms with Crippen LogP contribution >= 0.6 is 11.3 Å². The quantitative estimate of drug-likeness (QED) is 0.833. The van der Waals surface area contributed by atoms with Crippen LogP contribution in [-0.2, 0) is 6.54 Å². The lowest BCUT2D eigenvalue weighted by atomic mass is 10.2. The number of benzene rings is 1. The van der Waals surface area contributed by atoms with Crippen molar-refractivity contribution < 1.29 is 0 Å². The molecule has 1 aromatic carbocycles. The fraction of sp³-hybridized carbons (Fsp3) is 0.182. The molecule has 0 unspecified atom stereocenters. The molecule has 0 atom stereocenters. The predicted molar refractivity (Wildman–Crippen MR) is 65.0 cm³/mol. The zero-order valence-corrected chi connectivity index (χ0v) is 9.34. The zero-order chi connectivity index (χ0) is 10.7. The molecule has 2 rings (SSSR count). The van der Waals surface area contributed by atoms with Gasteiger partial charge in [0.15, 0.2) is 0 Å². The largest absolute Gasteiger partial charge is 0.388 e. The molecule has 3 nitrogen and oxygen atoms in total. The number of aromatic nitrogens is 1. The minimum atomic E-state index is 0.555. The van der Waals surface area contributed by atoms with Crippen LogP contribution in [0.4, 0.5) is 5.69 Å². The van der Waals surface area contributed by atoms with Gasteiger partial charge in [0, 0.05) is 35.9 Å². The van der Waals surface area contributed by atoms with Crippen LogP contribution < -0.4 is 11.1 Å². The van der Waals surface area contributed by atoms with Gasteiger partial charge in [0.2, 0.25) is 0 Å². The molecule has 1 heterocycles. The van der Waals surface area contributed by atoms with Gasteiger partial charge in [-0.1, -0.05) is 12.1 Å². The summed E-state index contributed by atoms with van der Waals surface area (Å²) in [6, 6.07) is 8.12. The molecule has 3 N–H and O–H groups in total. The van der Waals surface area contributed by atoms with Crippen LogP contribution in [0.25, 0.3) is 10.6 Å². The first-order valence-corrected chi connectivity index (χ1v) is 5.58. The Kier molecular flexibility index (Phi) is 2.99. The number of para-hydroxylation sites is 1. The second-order valence-corrected chi connectivity index (χ2v) is 4.25. The minimum absolute atomic E-state index is 0.555. The third kappa shape index (κ3) is 2.00. The molecule has 0 aliphatic carbocycles. The number of nitrogens with one attached hydrogen (secondary N) is 1. The molecule has 0 saturated heterocycles. The fourth-order valence-corrected chi connectivity index (χ4v) is 2.24. The first kappa shape index (κ1) is 10.1. The summed E-state index contributed by atoms with van der Waals surface area (Å²) in [7, 11) is 1.91. The van der Waals surface area contributed by atoms with Gasteiger partial charge < -0.3 is 11.1 Å². The van der Waals surface area contributed by atoms with Crippen molar-refractivity contribution in [1.29, 1.82) is 0 Å². The third-order valence-corrected chi connectivity index (χ3v) is 3.23. The summed E-state index contributed by atoms with van der Waals surface area (Å²) >= 11 is 1.64. The molecular formula is C11H13N3S. The lowest BCUT2D eigenvalue weighted by molar-refractivity contribution is 1.10. The average Bonchev–Trinajstić information content (AvgIpc) is 2.77. The topological polar surface area (TPSA) is 50.9 Å². The molecule has 0 spiro atoms. The van der Waals surface area contributed by atoms with Crippen LogP contribution in [0, 0.1) is 0 Å². The van der Waals surface area contributed by atoms with Crippen molar-refractivity contribution in [3.8, 4) is 10.6 Å². The van der Waals surface area contributed by atoms with E-state index in [1.54, 1.807) is 11.3 Å². The number of hydrogen-bond acceptors (Lipinski definition) is 4. The fourth-order valence-electron chi connectivity index (χ4n) is 1.41. The van der Waals surface area contributed by atoms with Gasteiger partial charge in [0.05, 0.1) is 0 Å². The molecule has 1 aromatic heterocycles. The Morgan fingerprint density at radius 3 is 2.87 bits per heavy atom. The van der Waals surface area contributed by atoms with Gasteiger partial charge in [0.1, 0.15) is 5.01 Å². The van der Waals surface area contributed by atoms with Gasteiger partial charge in [-0.2, -0.15) is 0 Å². The van der Waals surface area contributed by atoms with Gasteiger partial charge in [-0.15, -0.1) is 11.3 Å². The highest BCUT2D eigenvalue weighted by molar-refractivity contribution is 7.15. The van der Waals surface area contributed by atoms with Crippen molar-refractivity contribution in [2.24, 2.45) is 5.73 Å². The van der Waals surface area contributed by atoms with Gasteiger partial charge >= 0.3 is 0 Å². The number of thiazole rings is 1. The van der Waals surface area contributed by atoms with Crippen LogP contribution in [0.2, 0.25) is 0 Å². The lowest BCUT2D eigenvalue weighted by Gasteiger charge is -2.05. The maximum atomic E-state index is 5.57. The Morgan fingerprint density at radius 2 is 2.20 bits per heavy atom. The Morgan fingerprint density at radius 1 is 1.40 bits per heavy atom.